The summed E-state index contributed by atoms with van der Waals surface area (Å²) < 4.78 is 1.51. The van der Waals surface area contributed by atoms with Gasteiger partial charge in [-0.05, 0) is 12.8 Å². The van der Waals surface area contributed by atoms with Crippen LogP contribution in [0, 0.1) is 0 Å². The highest BCUT2D eigenvalue weighted by Crippen LogP contribution is 2.42. The van der Waals surface area contributed by atoms with Crippen LogP contribution in [0.4, 0.5) is 0 Å². The molecule has 1 aliphatic carbocycles. The highest BCUT2D eigenvalue weighted by molar-refractivity contribution is 7.16. The summed E-state index contributed by atoms with van der Waals surface area (Å²) in [6, 6.07) is 0. The van der Waals surface area contributed by atoms with Crippen LogP contribution in [-0.4, -0.2) is 25.4 Å². The Bertz CT molecular complexity index is 900. The fourth-order valence-corrected chi connectivity index (χ4v) is 5.02. The van der Waals surface area contributed by atoms with Crippen LogP contribution in [0.3, 0.4) is 0 Å². The number of rotatable bonds is 2. The van der Waals surface area contributed by atoms with Gasteiger partial charge in [0.2, 0.25) is 5.91 Å². The Kier molecular flexibility index (Phi) is 3.65. The van der Waals surface area contributed by atoms with Crippen LogP contribution < -0.4 is 0 Å². The van der Waals surface area contributed by atoms with Crippen molar-refractivity contribution in [2.24, 2.45) is 0 Å². The molecule has 0 amide bonds. The van der Waals surface area contributed by atoms with E-state index in [1.165, 1.54) is 20.8 Å². The van der Waals surface area contributed by atoms with E-state index in [1.54, 1.807) is 23.7 Å². The number of nitrogens with zero attached hydrogens (tertiary/aromatic N) is 4. The standard InChI is InChI=1S/C17H18N4OS2/c1-17(2,3)16-20-14-11(23-16)5-4-10-15(14)24-12(19-10)8-13(22)21-7-6-18-9-21/h6-7,9H,4-5,8H2,1-3H3. The molecule has 0 bridgehead atoms. The number of hydrogen-bond acceptors (Lipinski definition) is 6. The second kappa shape index (κ2) is 5.60. The van der Waals surface area contributed by atoms with E-state index in [0.717, 1.165) is 34.1 Å². The van der Waals surface area contributed by atoms with Gasteiger partial charge in [0, 0.05) is 22.7 Å². The number of thiazole rings is 2. The summed E-state index contributed by atoms with van der Waals surface area (Å²) in [4.78, 5) is 28.3. The smallest absolute Gasteiger partial charge is 0.238 e. The maximum atomic E-state index is 12.2. The predicted molar refractivity (Wildman–Crippen MR) is 95.9 cm³/mol. The summed E-state index contributed by atoms with van der Waals surface area (Å²) in [5.74, 6) is -0.00696. The van der Waals surface area contributed by atoms with Crippen molar-refractivity contribution in [3.8, 4) is 10.6 Å². The lowest BCUT2D eigenvalue weighted by molar-refractivity contribution is 0.0914. The molecule has 124 valence electrons. The van der Waals surface area contributed by atoms with E-state index in [9.17, 15) is 4.79 Å². The first-order valence-electron chi connectivity index (χ1n) is 7.92. The third-order valence-electron chi connectivity index (χ3n) is 3.98. The van der Waals surface area contributed by atoms with Gasteiger partial charge in [0.15, 0.2) is 0 Å². The van der Waals surface area contributed by atoms with Gasteiger partial charge in [0.1, 0.15) is 11.3 Å². The topological polar surface area (TPSA) is 60.7 Å². The second-order valence-electron chi connectivity index (χ2n) is 6.96. The fourth-order valence-electron chi connectivity index (χ4n) is 2.71. The second-order valence-corrected chi connectivity index (χ2v) is 9.13. The maximum absolute atomic E-state index is 12.2. The van der Waals surface area contributed by atoms with Gasteiger partial charge in [-0.2, -0.15) is 0 Å². The van der Waals surface area contributed by atoms with Crippen molar-refractivity contribution in [3.63, 3.8) is 0 Å². The molecule has 3 heterocycles. The molecule has 4 rings (SSSR count). The van der Waals surface area contributed by atoms with Crippen LogP contribution in [0.1, 0.15) is 46.2 Å². The molecule has 3 aromatic rings. The van der Waals surface area contributed by atoms with Gasteiger partial charge in [-0.1, -0.05) is 20.8 Å². The van der Waals surface area contributed by atoms with Crippen LogP contribution in [0.5, 0.6) is 0 Å². The molecule has 5 nitrogen and oxygen atoms in total. The Balaban J connectivity index is 1.65. The van der Waals surface area contributed by atoms with E-state index in [1.807, 2.05) is 11.3 Å². The lowest BCUT2D eigenvalue weighted by atomic mass is 9.98. The molecular weight excluding hydrogens is 340 g/mol. The molecule has 0 aliphatic heterocycles. The number of hydrogen-bond donors (Lipinski definition) is 0. The quantitative estimate of drug-likeness (QED) is 0.700. The number of carbonyl (C=O) groups is 1. The Hall–Kier alpha value is -1.86. The van der Waals surface area contributed by atoms with Crippen LogP contribution in [0.2, 0.25) is 0 Å². The van der Waals surface area contributed by atoms with Gasteiger partial charge >= 0.3 is 0 Å². The van der Waals surface area contributed by atoms with E-state index in [2.05, 4.69) is 25.8 Å². The lowest BCUT2D eigenvalue weighted by Crippen LogP contribution is -2.11. The molecule has 0 spiro atoms. The number of aryl methyl sites for hydroxylation is 2. The monoisotopic (exact) mass is 358 g/mol. The molecule has 0 radical (unpaired) electrons. The number of aromatic nitrogens is 4. The minimum absolute atomic E-state index is 0.00696. The molecule has 24 heavy (non-hydrogen) atoms. The first-order chi connectivity index (χ1) is 11.4. The van der Waals surface area contributed by atoms with Crippen molar-refractivity contribution in [1.29, 1.82) is 0 Å². The van der Waals surface area contributed by atoms with Crippen LogP contribution in [0.25, 0.3) is 10.6 Å². The Morgan fingerprint density at radius 2 is 2.08 bits per heavy atom. The molecule has 0 aromatic carbocycles. The van der Waals surface area contributed by atoms with Gasteiger partial charge < -0.3 is 0 Å². The van der Waals surface area contributed by atoms with Crippen molar-refractivity contribution in [2.75, 3.05) is 0 Å². The van der Waals surface area contributed by atoms with Gasteiger partial charge in [-0.25, -0.2) is 15.0 Å². The molecule has 3 aromatic heterocycles. The minimum Gasteiger partial charge on any atom is -0.276 e. The summed E-state index contributed by atoms with van der Waals surface area (Å²) in [5, 5.41) is 2.03. The number of fused-ring (bicyclic) bond motifs is 3. The van der Waals surface area contributed by atoms with Gasteiger partial charge in [-0.15, -0.1) is 22.7 Å². The molecule has 0 N–H and O–H groups in total. The van der Waals surface area contributed by atoms with Crippen molar-refractivity contribution in [3.05, 3.63) is 39.3 Å². The number of imidazole rings is 1. The zero-order valence-corrected chi connectivity index (χ0v) is 15.5. The molecule has 0 fully saturated rings. The fraction of sp³-hybridized carbons (Fsp3) is 0.412. The zero-order chi connectivity index (χ0) is 16.9. The highest BCUT2D eigenvalue weighted by Gasteiger charge is 2.28. The van der Waals surface area contributed by atoms with Crippen LogP contribution in [-0.2, 0) is 24.7 Å². The highest BCUT2D eigenvalue weighted by atomic mass is 32.1. The summed E-state index contributed by atoms with van der Waals surface area (Å²) in [6.45, 7) is 6.58. The first kappa shape index (κ1) is 15.7. The van der Waals surface area contributed by atoms with Gasteiger partial charge in [0.05, 0.1) is 27.7 Å². The molecule has 0 unspecified atom stereocenters. The molecule has 1 aliphatic rings. The van der Waals surface area contributed by atoms with Crippen LogP contribution in [0.15, 0.2) is 18.7 Å². The average Bonchev–Trinajstić information content (AvgIpc) is 3.24. The SMILES string of the molecule is CC(C)(C)c1nc2c(s1)CCc1nc(CC(=O)n3ccnc3)sc1-2. The molecular formula is C17H18N4OS2. The van der Waals surface area contributed by atoms with Crippen molar-refractivity contribution in [2.45, 2.75) is 45.4 Å². The summed E-state index contributed by atoms with van der Waals surface area (Å²) >= 11 is 3.42. The van der Waals surface area contributed by atoms with E-state index in [4.69, 9.17) is 9.97 Å². The Morgan fingerprint density at radius 3 is 2.79 bits per heavy atom. The predicted octanol–water partition coefficient (Wildman–Crippen LogP) is 3.74. The Morgan fingerprint density at radius 1 is 1.25 bits per heavy atom. The van der Waals surface area contributed by atoms with E-state index in [0.29, 0.717) is 6.42 Å². The third kappa shape index (κ3) is 2.71. The molecule has 0 saturated heterocycles. The molecule has 0 atom stereocenters. The summed E-state index contributed by atoms with van der Waals surface area (Å²) in [5.41, 5.74) is 2.24. The normalized spacial score (nSPS) is 13.6. The van der Waals surface area contributed by atoms with E-state index < -0.39 is 0 Å². The summed E-state index contributed by atoms with van der Waals surface area (Å²) in [6.07, 6.45) is 7.05. The average molecular weight is 358 g/mol. The lowest BCUT2D eigenvalue weighted by Gasteiger charge is -2.13. The maximum Gasteiger partial charge on any atom is 0.238 e. The van der Waals surface area contributed by atoms with Crippen LogP contribution >= 0.6 is 22.7 Å². The van der Waals surface area contributed by atoms with E-state index in [-0.39, 0.29) is 11.3 Å². The minimum atomic E-state index is -0.00696. The van der Waals surface area contributed by atoms with E-state index >= 15 is 0 Å². The first-order valence-corrected chi connectivity index (χ1v) is 9.55. The van der Waals surface area contributed by atoms with Gasteiger partial charge in [-0.3, -0.25) is 9.36 Å². The number of carbonyl (C=O) groups excluding carboxylic acids is 1. The van der Waals surface area contributed by atoms with Gasteiger partial charge in [0.25, 0.3) is 0 Å². The summed E-state index contributed by atoms with van der Waals surface area (Å²) in [7, 11) is 0. The zero-order valence-electron chi connectivity index (χ0n) is 13.9. The molecule has 0 saturated carbocycles. The largest absolute Gasteiger partial charge is 0.276 e. The van der Waals surface area contributed by atoms with Crippen molar-refractivity contribution < 1.29 is 4.79 Å². The van der Waals surface area contributed by atoms with Crippen molar-refractivity contribution in [1.82, 2.24) is 19.5 Å². The molecule has 7 heteroatoms. The van der Waals surface area contributed by atoms with Crippen molar-refractivity contribution >= 4 is 28.6 Å². The third-order valence-corrected chi connectivity index (χ3v) is 6.62. The Labute approximate surface area is 148 Å².